The van der Waals surface area contributed by atoms with E-state index < -0.39 is 6.10 Å². The largest absolute Gasteiger partial charge is 0.462 e. The molecule has 0 N–H and O–H groups in total. The number of esters is 3. The van der Waals surface area contributed by atoms with Crippen LogP contribution in [0.3, 0.4) is 0 Å². The number of unbranched alkanes of at least 4 members (excludes halogenated alkanes) is 32. The molecule has 0 aromatic carbocycles. The normalized spacial score (nSPS) is 12.7. The summed E-state index contributed by atoms with van der Waals surface area (Å²) in [7, 11) is 0. The van der Waals surface area contributed by atoms with Gasteiger partial charge in [-0.25, -0.2) is 0 Å². The Balaban J connectivity index is 4.46. The van der Waals surface area contributed by atoms with Crippen molar-refractivity contribution in [1.82, 2.24) is 0 Å². The lowest BCUT2D eigenvalue weighted by molar-refractivity contribution is -0.166. The van der Waals surface area contributed by atoms with Gasteiger partial charge in [0.05, 0.1) is 0 Å². The van der Waals surface area contributed by atoms with Crippen LogP contribution in [0.5, 0.6) is 0 Å². The third kappa shape index (κ3) is 63.0. The maximum absolute atomic E-state index is 12.9. The second-order valence-corrected chi connectivity index (χ2v) is 21.6. The Hall–Kier alpha value is -3.67. The van der Waals surface area contributed by atoms with Crippen molar-refractivity contribution in [2.75, 3.05) is 13.2 Å². The number of hydrogen-bond donors (Lipinski definition) is 0. The Morgan fingerprint density at radius 1 is 0.273 bits per heavy atom. The average Bonchev–Trinajstić information content (AvgIpc) is 3.43. The lowest BCUT2D eigenvalue weighted by Gasteiger charge is -2.18. The zero-order valence-electron chi connectivity index (χ0n) is 50.7. The van der Waals surface area contributed by atoms with Crippen LogP contribution in [-0.4, -0.2) is 37.2 Å². The summed E-state index contributed by atoms with van der Waals surface area (Å²) in [5, 5.41) is 0. The molecule has 1 atom stereocenters. The predicted molar refractivity (Wildman–Crippen MR) is 334 cm³/mol. The molecule has 0 aliphatic carbocycles. The number of carbonyl (C=O) groups is 3. The molecule has 0 spiro atoms. The molecule has 0 fully saturated rings. The van der Waals surface area contributed by atoms with Crippen molar-refractivity contribution >= 4 is 17.9 Å². The minimum atomic E-state index is -0.811. The highest BCUT2D eigenvalue weighted by Crippen LogP contribution is 2.16. The van der Waals surface area contributed by atoms with Gasteiger partial charge in [0.25, 0.3) is 0 Å². The number of hydrogen-bond acceptors (Lipinski definition) is 6. The van der Waals surface area contributed by atoms with Crippen LogP contribution in [0.4, 0.5) is 0 Å². The molecule has 0 aliphatic heterocycles. The predicted octanol–water partition coefficient (Wildman–Crippen LogP) is 22.4. The Kier molecular flexibility index (Phi) is 61.8. The first-order valence-corrected chi connectivity index (χ1v) is 32.7. The maximum Gasteiger partial charge on any atom is 0.306 e. The van der Waals surface area contributed by atoms with Gasteiger partial charge in [0.1, 0.15) is 13.2 Å². The van der Waals surface area contributed by atoms with Crippen LogP contribution in [0.2, 0.25) is 0 Å². The van der Waals surface area contributed by atoms with Gasteiger partial charge in [0.2, 0.25) is 0 Å². The number of ether oxygens (including phenoxy) is 3. The number of rotatable bonds is 59. The molecule has 0 heterocycles. The number of allylic oxidation sites excluding steroid dienone is 16. The van der Waals surface area contributed by atoms with E-state index in [0.717, 1.165) is 77.0 Å². The summed E-state index contributed by atoms with van der Waals surface area (Å²) >= 11 is 0. The fourth-order valence-corrected chi connectivity index (χ4v) is 9.17. The van der Waals surface area contributed by atoms with E-state index in [0.29, 0.717) is 19.3 Å². The van der Waals surface area contributed by atoms with Crippen molar-refractivity contribution < 1.29 is 28.6 Å². The summed E-state index contributed by atoms with van der Waals surface area (Å²) in [6, 6.07) is 0. The Labute approximate surface area is 477 Å². The molecule has 0 unspecified atom stereocenters. The second-order valence-electron chi connectivity index (χ2n) is 21.6. The molecule has 442 valence electrons. The van der Waals surface area contributed by atoms with Crippen LogP contribution in [0.25, 0.3) is 0 Å². The van der Waals surface area contributed by atoms with E-state index in [1.165, 1.54) is 193 Å². The van der Waals surface area contributed by atoms with Gasteiger partial charge in [-0.05, 0) is 109 Å². The van der Waals surface area contributed by atoms with Crippen LogP contribution in [-0.2, 0) is 28.6 Å². The summed E-state index contributed by atoms with van der Waals surface area (Å²) in [6.07, 6.45) is 87.1. The number of carbonyl (C=O) groups excluding carboxylic acids is 3. The zero-order chi connectivity index (χ0) is 55.7. The summed E-state index contributed by atoms with van der Waals surface area (Å²) in [6.45, 7) is 6.49. The summed E-state index contributed by atoms with van der Waals surface area (Å²) in [4.78, 5) is 38.3. The lowest BCUT2D eigenvalue weighted by atomic mass is 10.0. The summed E-state index contributed by atoms with van der Waals surface area (Å²) in [5.74, 6) is -0.980. The zero-order valence-corrected chi connectivity index (χ0v) is 50.7. The first-order valence-electron chi connectivity index (χ1n) is 32.7. The molecule has 0 amide bonds. The third-order valence-corrected chi connectivity index (χ3v) is 14.1. The SMILES string of the molecule is CC/C=C\C/C=C\C/C=C\C/C=C\C/C=C\C/C=C\CCC(=O)OC[C@H](COC(=O)CCCCCCCCCCC/C=C\CCCCCCCC)OC(=O)CCCCCCCCCCCCC/C=C\CCCCCCCC. The van der Waals surface area contributed by atoms with Crippen molar-refractivity contribution in [2.45, 2.75) is 322 Å². The molecular formula is C71H122O6. The van der Waals surface area contributed by atoms with Crippen LogP contribution >= 0.6 is 0 Å². The first kappa shape index (κ1) is 73.3. The minimum absolute atomic E-state index is 0.101. The minimum Gasteiger partial charge on any atom is -0.462 e. The van der Waals surface area contributed by atoms with E-state index in [9.17, 15) is 14.4 Å². The maximum atomic E-state index is 12.9. The molecule has 0 aromatic rings. The van der Waals surface area contributed by atoms with Gasteiger partial charge in [-0.2, -0.15) is 0 Å². The van der Waals surface area contributed by atoms with Gasteiger partial charge in [-0.1, -0.05) is 285 Å². The van der Waals surface area contributed by atoms with Crippen molar-refractivity contribution in [1.29, 1.82) is 0 Å². The second kappa shape index (κ2) is 64.9. The van der Waals surface area contributed by atoms with Crippen LogP contribution < -0.4 is 0 Å². The standard InChI is InChI=1S/C71H122O6/c1-4-7-10-13-16-19-22-25-28-31-34-35-38-41-44-47-50-53-56-59-62-65-71(74)77-68(66-75-69(72)63-60-57-54-51-48-45-42-39-36-32-29-26-23-20-17-14-11-8-5-2)67-76-70(73)64-61-58-55-52-49-46-43-40-37-33-30-27-24-21-18-15-12-9-6-3/h8,11,17,20,25-30,36,39,45,48,54,57,68H,4-7,9-10,12-16,18-19,21-24,31-35,37-38,40-44,46-47,49-53,55-56,58-67H2,1-3H3/b11-8-,20-17-,28-25-,29-26-,30-27-,39-36-,48-45-,57-54-/t68-/m1/s1. The van der Waals surface area contributed by atoms with E-state index >= 15 is 0 Å². The average molecular weight is 1070 g/mol. The van der Waals surface area contributed by atoms with Gasteiger partial charge in [0, 0.05) is 19.3 Å². The van der Waals surface area contributed by atoms with Crippen LogP contribution in [0, 0.1) is 0 Å². The summed E-state index contributed by atoms with van der Waals surface area (Å²) < 4.78 is 16.9. The van der Waals surface area contributed by atoms with Gasteiger partial charge in [0.15, 0.2) is 6.10 Å². The van der Waals surface area contributed by atoms with Crippen molar-refractivity contribution in [2.24, 2.45) is 0 Å². The van der Waals surface area contributed by atoms with Crippen molar-refractivity contribution in [3.8, 4) is 0 Å². The quantitative estimate of drug-likeness (QED) is 0.0261. The van der Waals surface area contributed by atoms with Crippen molar-refractivity contribution in [3.63, 3.8) is 0 Å². The highest BCUT2D eigenvalue weighted by atomic mass is 16.6. The van der Waals surface area contributed by atoms with Gasteiger partial charge in [-0.3, -0.25) is 14.4 Å². The Morgan fingerprint density at radius 2 is 0.532 bits per heavy atom. The molecule has 0 aromatic heterocycles. The van der Waals surface area contributed by atoms with Crippen LogP contribution in [0.1, 0.15) is 316 Å². The smallest absolute Gasteiger partial charge is 0.306 e. The monoisotopic (exact) mass is 1070 g/mol. The van der Waals surface area contributed by atoms with E-state index in [-0.39, 0.29) is 37.5 Å². The highest BCUT2D eigenvalue weighted by Gasteiger charge is 2.19. The lowest BCUT2D eigenvalue weighted by Crippen LogP contribution is -2.30. The first-order chi connectivity index (χ1) is 38.0. The van der Waals surface area contributed by atoms with Crippen molar-refractivity contribution in [3.05, 3.63) is 97.2 Å². The van der Waals surface area contributed by atoms with Gasteiger partial charge in [-0.15, -0.1) is 0 Å². The van der Waals surface area contributed by atoms with Gasteiger partial charge < -0.3 is 14.2 Å². The Morgan fingerprint density at radius 3 is 0.870 bits per heavy atom. The molecule has 0 saturated heterocycles. The molecule has 6 heteroatoms. The molecule has 0 aliphatic rings. The summed E-state index contributed by atoms with van der Waals surface area (Å²) in [5.41, 5.74) is 0. The van der Waals surface area contributed by atoms with E-state index in [1.807, 2.05) is 6.08 Å². The van der Waals surface area contributed by atoms with E-state index in [2.05, 4.69) is 112 Å². The molecule has 6 nitrogen and oxygen atoms in total. The highest BCUT2D eigenvalue weighted by molar-refractivity contribution is 5.71. The van der Waals surface area contributed by atoms with Crippen LogP contribution in [0.15, 0.2) is 97.2 Å². The molecule has 77 heavy (non-hydrogen) atoms. The van der Waals surface area contributed by atoms with E-state index in [4.69, 9.17) is 14.2 Å². The molecule has 0 saturated carbocycles. The van der Waals surface area contributed by atoms with E-state index in [1.54, 1.807) is 0 Å². The van der Waals surface area contributed by atoms with Gasteiger partial charge >= 0.3 is 17.9 Å². The molecular weight excluding hydrogens is 949 g/mol. The fraction of sp³-hybridized carbons (Fsp3) is 0.732. The topological polar surface area (TPSA) is 78.9 Å². The fourth-order valence-electron chi connectivity index (χ4n) is 9.17. The molecule has 0 rings (SSSR count). The third-order valence-electron chi connectivity index (χ3n) is 14.1. The molecule has 0 bridgehead atoms. The Bertz CT molecular complexity index is 1510. The molecule has 0 radical (unpaired) electrons.